The fourth-order valence-electron chi connectivity index (χ4n) is 0.635. The summed E-state index contributed by atoms with van der Waals surface area (Å²) in [6.45, 7) is 2.76. The van der Waals surface area contributed by atoms with Gasteiger partial charge < -0.3 is 4.74 Å². The molecule has 0 aromatic heterocycles. The summed E-state index contributed by atoms with van der Waals surface area (Å²) < 4.78 is 17.0. The molecule has 1 rings (SSSR count). The number of rotatable bonds is 0. The molecule has 1 saturated heterocycles. The van der Waals surface area contributed by atoms with Gasteiger partial charge in [0.1, 0.15) is 6.17 Å². The van der Waals surface area contributed by atoms with Crippen LogP contribution in [0.3, 0.4) is 0 Å². The first-order valence-electron chi connectivity index (χ1n) is 2.52. The predicted octanol–water partition coefficient (Wildman–Crippen LogP) is 0.991. The van der Waals surface area contributed by atoms with Crippen LogP contribution in [0, 0.1) is 5.92 Å². The van der Waals surface area contributed by atoms with E-state index >= 15 is 0 Å². The van der Waals surface area contributed by atoms with Gasteiger partial charge in [-0.15, -0.1) is 0 Å². The first-order chi connectivity index (χ1) is 3.30. The van der Waals surface area contributed by atoms with Gasteiger partial charge in [-0.05, 0) is 0 Å². The third kappa shape index (κ3) is 0.911. The summed E-state index contributed by atoms with van der Waals surface area (Å²) in [5.74, 6) is 0.125. The molecule has 0 N–H and O–H groups in total. The minimum Gasteiger partial charge on any atom is -0.378 e. The normalized spacial score (nSPS) is 42.0. The molecule has 1 fully saturated rings. The molecular weight excluding hydrogens is 95.1 g/mol. The molecule has 1 heterocycles. The standard InChI is InChI=1S/C5H9FO/c1-4-2-7-3-5(4)6/h4-5H,2-3H2,1H3/t4-,5-/m1/s1. The first kappa shape index (κ1) is 5.04. The van der Waals surface area contributed by atoms with E-state index in [-0.39, 0.29) is 5.92 Å². The summed E-state index contributed by atoms with van der Waals surface area (Å²) in [7, 11) is 0. The van der Waals surface area contributed by atoms with Crippen molar-refractivity contribution in [2.75, 3.05) is 13.2 Å². The number of alkyl halides is 1. The highest BCUT2D eigenvalue weighted by Crippen LogP contribution is 2.14. The zero-order valence-corrected chi connectivity index (χ0v) is 4.36. The fourth-order valence-corrected chi connectivity index (χ4v) is 0.635. The minimum absolute atomic E-state index is 0.125. The molecule has 1 aliphatic rings. The van der Waals surface area contributed by atoms with E-state index in [9.17, 15) is 4.39 Å². The largest absolute Gasteiger partial charge is 0.378 e. The van der Waals surface area contributed by atoms with Crippen molar-refractivity contribution in [3.8, 4) is 0 Å². The molecule has 2 heteroatoms. The predicted molar refractivity (Wildman–Crippen MR) is 24.9 cm³/mol. The van der Waals surface area contributed by atoms with Crippen molar-refractivity contribution < 1.29 is 9.13 Å². The van der Waals surface area contributed by atoms with Crippen LogP contribution < -0.4 is 0 Å². The van der Waals surface area contributed by atoms with Gasteiger partial charge in [0.25, 0.3) is 0 Å². The van der Waals surface area contributed by atoms with E-state index in [0.717, 1.165) is 0 Å². The Kier molecular flexibility index (Phi) is 1.28. The van der Waals surface area contributed by atoms with Gasteiger partial charge in [0.05, 0.1) is 13.2 Å². The van der Waals surface area contributed by atoms with E-state index in [0.29, 0.717) is 13.2 Å². The van der Waals surface area contributed by atoms with Crippen molar-refractivity contribution in [3.63, 3.8) is 0 Å². The quantitative estimate of drug-likeness (QED) is 0.445. The van der Waals surface area contributed by atoms with Gasteiger partial charge in [-0.2, -0.15) is 0 Å². The fraction of sp³-hybridized carbons (Fsp3) is 1.00. The highest BCUT2D eigenvalue weighted by atomic mass is 19.1. The Balaban J connectivity index is 2.33. The number of halogens is 1. The molecule has 0 bridgehead atoms. The second kappa shape index (κ2) is 1.78. The lowest BCUT2D eigenvalue weighted by atomic mass is 10.1. The van der Waals surface area contributed by atoms with Gasteiger partial charge in [-0.1, -0.05) is 6.92 Å². The van der Waals surface area contributed by atoms with E-state index in [2.05, 4.69) is 0 Å². The van der Waals surface area contributed by atoms with E-state index in [4.69, 9.17) is 4.74 Å². The first-order valence-corrected chi connectivity index (χ1v) is 2.52. The third-order valence-corrected chi connectivity index (χ3v) is 1.28. The van der Waals surface area contributed by atoms with Gasteiger partial charge >= 0.3 is 0 Å². The van der Waals surface area contributed by atoms with Crippen LogP contribution in [0.4, 0.5) is 4.39 Å². The monoisotopic (exact) mass is 104 g/mol. The number of hydrogen-bond donors (Lipinski definition) is 0. The van der Waals surface area contributed by atoms with Crippen LogP contribution in [0.2, 0.25) is 0 Å². The Morgan fingerprint density at radius 1 is 1.57 bits per heavy atom. The van der Waals surface area contributed by atoms with Crippen molar-refractivity contribution in [2.45, 2.75) is 13.1 Å². The summed E-state index contributed by atoms with van der Waals surface area (Å²) in [4.78, 5) is 0. The van der Waals surface area contributed by atoms with Crippen LogP contribution >= 0.6 is 0 Å². The smallest absolute Gasteiger partial charge is 0.128 e. The lowest BCUT2D eigenvalue weighted by molar-refractivity contribution is 0.172. The minimum atomic E-state index is -0.708. The average molecular weight is 104 g/mol. The molecule has 0 aromatic carbocycles. The Morgan fingerprint density at radius 2 is 2.29 bits per heavy atom. The van der Waals surface area contributed by atoms with E-state index in [1.165, 1.54) is 0 Å². The van der Waals surface area contributed by atoms with Crippen LogP contribution in [-0.4, -0.2) is 19.4 Å². The van der Waals surface area contributed by atoms with Crippen molar-refractivity contribution in [1.82, 2.24) is 0 Å². The van der Waals surface area contributed by atoms with Crippen molar-refractivity contribution in [2.24, 2.45) is 5.92 Å². The summed E-state index contributed by atoms with van der Waals surface area (Å²) >= 11 is 0. The Labute approximate surface area is 42.5 Å². The molecular formula is C5H9FO. The molecule has 0 aliphatic carbocycles. The van der Waals surface area contributed by atoms with Crippen LogP contribution in [0.1, 0.15) is 6.92 Å². The zero-order valence-electron chi connectivity index (χ0n) is 4.36. The molecule has 2 atom stereocenters. The molecule has 0 saturated carbocycles. The Bertz CT molecular complexity index is 57.1. The van der Waals surface area contributed by atoms with Crippen molar-refractivity contribution in [1.29, 1.82) is 0 Å². The number of hydrogen-bond acceptors (Lipinski definition) is 1. The molecule has 0 amide bonds. The van der Waals surface area contributed by atoms with Gasteiger partial charge in [0.2, 0.25) is 0 Å². The molecule has 1 aliphatic heterocycles. The van der Waals surface area contributed by atoms with Crippen molar-refractivity contribution in [3.05, 3.63) is 0 Å². The molecule has 0 aromatic rings. The maximum Gasteiger partial charge on any atom is 0.128 e. The maximum absolute atomic E-state index is 12.2. The molecule has 0 unspecified atom stereocenters. The molecule has 42 valence electrons. The Hall–Kier alpha value is -0.110. The van der Waals surface area contributed by atoms with Gasteiger partial charge in [0, 0.05) is 5.92 Å². The van der Waals surface area contributed by atoms with E-state index in [1.807, 2.05) is 6.92 Å². The molecule has 7 heavy (non-hydrogen) atoms. The van der Waals surface area contributed by atoms with Crippen LogP contribution in [-0.2, 0) is 4.74 Å². The van der Waals surface area contributed by atoms with Gasteiger partial charge in [-0.3, -0.25) is 0 Å². The van der Waals surface area contributed by atoms with Crippen LogP contribution in [0.5, 0.6) is 0 Å². The van der Waals surface area contributed by atoms with E-state index in [1.54, 1.807) is 0 Å². The summed E-state index contributed by atoms with van der Waals surface area (Å²) in [5.41, 5.74) is 0. The van der Waals surface area contributed by atoms with Crippen LogP contribution in [0.15, 0.2) is 0 Å². The molecule has 0 radical (unpaired) electrons. The summed E-state index contributed by atoms with van der Waals surface area (Å²) in [5, 5.41) is 0. The lowest BCUT2D eigenvalue weighted by Gasteiger charge is -1.97. The van der Waals surface area contributed by atoms with Crippen molar-refractivity contribution >= 4 is 0 Å². The highest BCUT2D eigenvalue weighted by Gasteiger charge is 2.22. The Morgan fingerprint density at radius 3 is 2.43 bits per heavy atom. The second-order valence-corrected chi connectivity index (χ2v) is 2.03. The number of ether oxygens (including phenoxy) is 1. The lowest BCUT2D eigenvalue weighted by Crippen LogP contribution is -2.07. The van der Waals surface area contributed by atoms with Gasteiger partial charge in [0.15, 0.2) is 0 Å². The summed E-state index contributed by atoms with van der Waals surface area (Å²) in [6.07, 6.45) is -0.708. The molecule has 0 spiro atoms. The zero-order chi connectivity index (χ0) is 5.28. The molecule has 1 nitrogen and oxygen atoms in total. The highest BCUT2D eigenvalue weighted by molar-refractivity contribution is 4.68. The second-order valence-electron chi connectivity index (χ2n) is 2.03. The summed E-state index contributed by atoms with van der Waals surface area (Å²) in [6, 6.07) is 0. The third-order valence-electron chi connectivity index (χ3n) is 1.28. The maximum atomic E-state index is 12.2. The van der Waals surface area contributed by atoms with E-state index < -0.39 is 6.17 Å². The average Bonchev–Trinajstić information content (AvgIpc) is 1.91. The SMILES string of the molecule is C[C@@H]1COC[C@H]1F. The topological polar surface area (TPSA) is 9.23 Å². The van der Waals surface area contributed by atoms with Gasteiger partial charge in [-0.25, -0.2) is 4.39 Å². The van der Waals surface area contributed by atoms with Crippen LogP contribution in [0.25, 0.3) is 0 Å².